The van der Waals surface area contributed by atoms with Gasteiger partial charge in [0.1, 0.15) is 5.75 Å². The third-order valence-electron chi connectivity index (χ3n) is 2.09. The first-order valence-electron chi connectivity index (χ1n) is 4.27. The highest BCUT2D eigenvalue weighted by Crippen LogP contribution is 2.36. The summed E-state index contributed by atoms with van der Waals surface area (Å²) in [6.07, 6.45) is 0. The molecule has 0 radical (unpaired) electrons. The number of ether oxygens (including phenoxy) is 1. The minimum Gasteiger partial charge on any atom is -0.495 e. The van der Waals surface area contributed by atoms with Crippen LogP contribution in [0.15, 0.2) is 6.07 Å². The number of hydrogen-bond donors (Lipinski definition) is 1. The van der Waals surface area contributed by atoms with Crippen molar-refractivity contribution in [1.29, 1.82) is 0 Å². The Hall–Kier alpha value is -0.740. The number of aryl methyl sites for hydroxylation is 1. The molecule has 0 aliphatic carbocycles. The van der Waals surface area contributed by atoms with Crippen molar-refractivity contribution in [3.05, 3.63) is 22.2 Å². The summed E-state index contributed by atoms with van der Waals surface area (Å²) in [5, 5.41) is 3.26. The molecule has 1 rings (SSSR count). The standard InChI is InChI=1S/C10H11BrClNO2/c1-5-4-7(15-3)9(13-10(11)14)6(2)8(5)12/h4H,1-3H3,(H,13,14). The van der Waals surface area contributed by atoms with Crippen LogP contribution in [-0.2, 0) is 0 Å². The fraction of sp³-hybridized carbons (Fsp3) is 0.300. The van der Waals surface area contributed by atoms with Crippen molar-refractivity contribution in [3.63, 3.8) is 0 Å². The van der Waals surface area contributed by atoms with Gasteiger partial charge in [-0.05, 0) is 31.0 Å². The van der Waals surface area contributed by atoms with E-state index in [2.05, 4.69) is 21.2 Å². The van der Waals surface area contributed by atoms with Gasteiger partial charge in [0.15, 0.2) is 0 Å². The monoisotopic (exact) mass is 291 g/mol. The van der Waals surface area contributed by atoms with Gasteiger partial charge >= 0.3 is 0 Å². The van der Waals surface area contributed by atoms with E-state index in [0.29, 0.717) is 16.5 Å². The van der Waals surface area contributed by atoms with E-state index in [1.807, 2.05) is 13.8 Å². The molecule has 0 fully saturated rings. The molecular weight excluding hydrogens is 281 g/mol. The van der Waals surface area contributed by atoms with Crippen molar-refractivity contribution in [2.45, 2.75) is 13.8 Å². The summed E-state index contributed by atoms with van der Waals surface area (Å²) in [5.74, 6) is 0.599. The Labute approximate surface area is 102 Å². The van der Waals surface area contributed by atoms with Crippen molar-refractivity contribution in [3.8, 4) is 5.75 Å². The molecule has 0 saturated carbocycles. The first-order chi connectivity index (χ1) is 6.97. The lowest BCUT2D eigenvalue weighted by Crippen LogP contribution is -2.05. The number of nitrogens with one attached hydrogen (secondary N) is 1. The normalized spacial score (nSPS) is 9.93. The average molecular weight is 293 g/mol. The lowest BCUT2D eigenvalue weighted by atomic mass is 10.1. The molecule has 3 nitrogen and oxygen atoms in total. The number of hydrogen-bond acceptors (Lipinski definition) is 2. The van der Waals surface area contributed by atoms with Crippen LogP contribution in [0.5, 0.6) is 5.75 Å². The average Bonchev–Trinajstić information content (AvgIpc) is 2.18. The molecule has 82 valence electrons. The largest absolute Gasteiger partial charge is 0.495 e. The van der Waals surface area contributed by atoms with E-state index < -0.39 is 0 Å². The number of carbonyl (C=O) groups excluding carboxylic acids is 1. The molecule has 1 amide bonds. The zero-order valence-electron chi connectivity index (χ0n) is 8.65. The van der Waals surface area contributed by atoms with E-state index in [4.69, 9.17) is 16.3 Å². The van der Waals surface area contributed by atoms with Gasteiger partial charge in [0.05, 0.1) is 12.8 Å². The molecule has 1 N–H and O–H groups in total. The molecule has 0 bridgehead atoms. The fourth-order valence-corrected chi connectivity index (χ4v) is 1.68. The number of amides is 1. The maximum Gasteiger partial charge on any atom is 0.291 e. The maximum absolute atomic E-state index is 10.9. The third-order valence-corrected chi connectivity index (χ3v) is 2.87. The van der Waals surface area contributed by atoms with Crippen LogP contribution < -0.4 is 10.1 Å². The minimum atomic E-state index is -0.330. The van der Waals surface area contributed by atoms with Crippen molar-refractivity contribution in [2.24, 2.45) is 0 Å². The molecule has 1 aromatic carbocycles. The number of methoxy groups -OCH3 is 1. The predicted octanol–water partition coefficient (Wildman–Crippen LogP) is 3.89. The number of benzene rings is 1. The number of rotatable bonds is 2. The van der Waals surface area contributed by atoms with Gasteiger partial charge < -0.3 is 10.1 Å². The second-order valence-electron chi connectivity index (χ2n) is 3.11. The summed E-state index contributed by atoms with van der Waals surface area (Å²) < 4.78 is 5.17. The summed E-state index contributed by atoms with van der Waals surface area (Å²) in [6.45, 7) is 3.72. The van der Waals surface area contributed by atoms with Gasteiger partial charge in [-0.2, -0.15) is 0 Å². The summed E-state index contributed by atoms with van der Waals surface area (Å²) in [6, 6.07) is 1.79. The fourth-order valence-electron chi connectivity index (χ4n) is 1.34. The summed E-state index contributed by atoms with van der Waals surface area (Å²) >= 11 is 8.88. The van der Waals surface area contributed by atoms with Gasteiger partial charge in [-0.25, -0.2) is 0 Å². The zero-order chi connectivity index (χ0) is 11.6. The van der Waals surface area contributed by atoms with E-state index in [-0.39, 0.29) is 4.82 Å². The van der Waals surface area contributed by atoms with Crippen molar-refractivity contribution >= 4 is 38.0 Å². The Morgan fingerprint density at radius 3 is 2.60 bits per heavy atom. The second kappa shape index (κ2) is 4.86. The lowest BCUT2D eigenvalue weighted by molar-refractivity contribution is 0.270. The van der Waals surface area contributed by atoms with E-state index in [0.717, 1.165) is 11.1 Å². The molecule has 15 heavy (non-hydrogen) atoms. The highest BCUT2D eigenvalue weighted by Gasteiger charge is 2.13. The molecule has 0 saturated heterocycles. The Bertz CT molecular complexity index is 407. The highest BCUT2D eigenvalue weighted by molar-refractivity contribution is 9.18. The topological polar surface area (TPSA) is 38.3 Å². The van der Waals surface area contributed by atoms with Gasteiger partial charge in [-0.15, -0.1) is 0 Å². The Kier molecular flexibility index (Phi) is 3.99. The summed E-state index contributed by atoms with van der Waals surface area (Å²) in [5.41, 5.74) is 2.30. The van der Waals surface area contributed by atoms with Crippen LogP contribution in [0.1, 0.15) is 11.1 Å². The molecule has 0 aliphatic rings. The minimum absolute atomic E-state index is 0.330. The van der Waals surface area contributed by atoms with Crippen molar-refractivity contribution < 1.29 is 9.53 Å². The Morgan fingerprint density at radius 2 is 2.13 bits per heavy atom. The van der Waals surface area contributed by atoms with Crippen LogP contribution in [-0.4, -0.2) is 11.9 Å². The smallest absolute Gasteiger partial charge is 0.291 e. The Morgan fingerprint density at radius 1 is 1.53 bits per heavy atom. The molecule has 0 spiro atoms. The van der Waals surface area contributed by atoms with Crippen LogP contribution >= 0.6 is 27.5 Å². The molecule has 1 aromatic rings. The molecule has 0 aliphatic heterocycles. The quantitative estimate of drug-likeness (QED) is 0.663. The van der Waals surface area contributed by atoms with E-state index >= 15 is 0 Å². The van der Waals surface area contributed by atoms with E-state index in [1.165, 1.54) is 0 Å². The van der Waals surface area contributed by atoms with Crippen LogP contribution in [0, 0.1) is 13.8 Å². The van der Waals surface area contributed by atoms with Gasteiger partial charge in [-0.1, -0.05) is 11.6 Å². The van der Waals surface area contributed by atoms with Crippen LogP contribution in [0.25, 0.3) is 0 Å². The zero-order valence-corrected chi connectivity index (χ0v) is 11.0. The molecular formula is C10H11BrClNO2. The predicted molar refractivity (Wildman–Crippen MR) is 65.4 cm³/mol. The van der Waals surface area contributed by atoms with Crippen molar-refractivity contribution in [2.75, 3.05) is 12.4 Å². The Balaban J connectivity index is 3.33. The molecule has 0 atom stereocenters. The van der Waals surface area contributed by atoms with Gasteiger partial charge in [0, 0.05) is 21.0 Å². The van der Waals surface area contributed by atoms with E-state index in [1.54, 1.807) is 13.2 Å². The second-order valence-corrected chi connectivity index (χ2v) is 4.21. The third kappa shape index (κ3) is 2.63. The van der Waals surface area contributed by atoms with Gasteiger partial charge in [0.25, 0.3) is 4.82 Å². The van der Waals surface area contributed by atoms with Gasteiger partial charge in [-0.3, -0.25) is 4.79 Å². The van der Waals surface area contributed by atoms with Crippen LogP contribution in [0.3, 0.4) is 0 Å². The maximum atomic E-state index is 10.9. The SMILES string of the molecule is COc1cc(C)c(Cl)c(C)c1NC(=O)Br. The first-order valence-corrected chi connectivity index (χ1v) is 5.44. The summed E-state index contributed by atoms with van der Waals surface area (Å²) in [4.78, 5) is 10.6. The van der Waals surface area contributed by atoms with Crippen LogP contribution in [0.2, 0.25) is 5.02 Å². The summed E-state index contributed by atoms with van der Waals surface area (Å²) in [7, 11) is 1.55. The molecule has 0 heterocycles. The first kappa shape index (κ1) is 12.3. The van der Waals surface area contributed by atoms with E-state index in [9.17, 15) is 4.79 Å². The highest BCUT2D eigenvalue weighted by atomic mass is 79.9. The molecule has 5 heteroatoms. The van der Waals surface area contributed by atoms with Crippen molar-refractivity contribution in [1.82, 2.24) is 0 Å². The number of carbonyl (C=O) groups is 1. The lowest BCUT2D eigenvalue weighted by Gasteiger charge is -2.14. The molecule has 0 unspecified atom stereocenters. The van der Waals surface area contributed by atoms with Gasteiger partial charge in [0.2, 0.25) is 0 Å². The number of anilines is 1. The number of halogens is 2. The molecule has 0 aromatic heterocycles. The van der Waals surface area contributed by atoms with Crippen LogP contribution in [0.4, 0.5) is 10.5 Å².